The Morgan fingerprint density at radius 3 is 2.62 bits per heavy atom. The van der Waals surface area contributed by atoms with Crippen molar-refractivity contribution < 1.29 is 23.5 Å². The van der Waals surface area contributed by atoms with Crippen molar-refractivity contribution in [2.75, 3.05) is 43.6 Å². The highest BCUT2D eigenvalue weighted by atomic mass is 35.5. The number of benzene rings is 2. The number of morpholine rings is 1. The molecule has 0 aliphatic carbocycles. The van der Waals surface area contributed by atoms with Gasteiger partial charge in [0.05, 0.1) is 36.6 Å². The number of esters is 1. The van der Waals surface area contributed by atoms with E-state index in [1.165, 1.54) is 13.2 Å². The van der Waals surface area contributed by atoms with Gasteiger partial charge in [-0.25, -0.2) is 4.79 Å². The molecule has 0 unspecified atom stereocenters. The Labute approximate surface area is 206 Å². The van der Waals surface area contributed by atoms with Crippen molar-refractivity contribution in [1.29, 1.82) is 0 Å². The van der Waals surface area contributed by atoms with Crippen LogP contribution in [0.2, 0.25) is 10.0 Å². The predicted molar refractivity (Wildman–Crippen MR) is 133 cm³/mol. The smallest absolute Gasteiger partial charge is 0.340 e. The van der Waals surface area contributed by atoms with Crippen molar-refractivity contribution in [1.82, 2.24) is 0 Å². The van der Waals surface area contributed by atoms with Crippen LogP contribution in [0.3, 0.4) is 0 Å². The number of hydrogen-bond donors (Lipinski definition) is 1. The van der Waals surface area contributed by atoms with Crippen LogP contribution in [0, 0.1) is 0 Å². The van der Waals surface area contributed by atoms with Crippen molar-refractivity contribution in [3.05, 3.63) is 76.0 Å². The molecule has 1 aromatic heterocycles. The summed E-state index contributed by atoms with van der Waals surface area (Å²) in [5, 5.41) is 3.81. The standard InChI is InChI=1S/C25H22Cl2N2O5/c1-32-25(31)20-15-17(3-7-22(20)29-10-12-33-13-11-29)28-24(30)9-5-18-4-8-23(34-18)19-14-16(26)2-6-21(19)27/h2-9,14-15H,10-13H2,1H3,(H,28,30). The van der Waals surface area contributed by atoms with E-state index >= 15 is 0 Å². The van der Waals surface area contributed by atoms with Crippen molar-refractivity contribution in [3.63, 3.8) is 0 Å². The maximum absolute atomic E-state index is 12.5. The van der Waals surface area contributed by atoms with E-state index in [1.807, 2.05) is 0 Å². The average molecular weight is 501 g/mol. The fourth-order valence-electron chi connectivity index (χ4n) is 3.58. The third-order valence-corrected chi connectivity index (χ3v) is 5.81. The number of nitrogens with zero attached hydrogens (tertiary/aromatic N) is 1. The number of rotatable bonds is 6. The van der Waals surface area contributed by atoms with Crippen LogP contribution in [0.5, 0.6) is 0 Å². The number of amides is 1. The largest absolute Gasteiger partial charge is 0.465 e. The normalized spacial score (nSPS) is 13.8. The molecule has 34 heavy (non-hydrogen) atoms. The number of nitrogens with one attached hydrogen (secondary N) is 1. The van der Waals surface area contributed by atoms with Crippen LogP contribution >= 0.6 is 23.2 Å². The van der Waals surface area contributed by atoms with Crippen molar-refractivity contribution in [2.24, 2.45) is 0 Å². The van der Waals surface area contributed by atoms with E-state index in [4.69, 9.17) is 37.1 Å². The number of ether oxygens (including phenoxy) is 2. The Morgan fingerprint density at radius 2 is 1.85 bits per heavy atom. The summed E-state index contributed by atoms with van der Waals surface area (Å²) in [4.78, 5) is 26.9. The summed E-state index contributed by atoms with van der Waals surface area (Å²) in [6, 6.07) is 13.7. The molecule has 2 heterocycles. The van der Waals surface area contributed by atoms with Gasteiger partial charge in [-0.05, 0) is 54.6 Å². The lowest BCUT2D eigenvalue weighted by molar-refractivity contribution is -0.111. The number of furan rings is 1. The van der Waals surface area contributed by atoms with Gasteiger partial charge in [-0.1, -0.05) is 23.2 Å². The van der Waals surface area contributed by atoms with Gasteiger partial charge < -0.3 is 24.1 Å². The zero-order valence-electron chi connectivity index (χ0n) is 18.3. The van der Waals surface area contributed by atoms with Crippen molar-refractivity contribution >= 4 is 52.5 Å². The van der Waals surface area contributed by atoms with E-state index in [2.05, 4.69) is 10.2 Å². The molecule has 1 fully saturated rings. The Kier molecular flexibility index (Phi) is 7.57. The van der Waals surface area contributed by atoms with Crippen LogP contribution in [0.15, 0.2) is 59.0 Å². The first-order valence-electron chi connectivity index (χ1n) is 10.5. The van der Waals surface area contributed by atoms with E-state index in [0.717, 1.165) is 5.69 Å². The fraction of sp³-hybridized carbons (Fsp3) is 0.200. The van der Waals surface area contributed by atoms with E-state index < -0.39 is 5.97 Å². The molecule has 1 amide bonds. The van der Waals surface area contributed by atoms with Gasteiger partial charge in [0.2, 0.25) is 5.91 Å². The molecule has 1 aliphatic heterocycles. The molecule has 0 spiro atoms. The highest BCUT2D eigenvalue weighted by molar-refractivity contribution is 6.35. The third-order valence-electron chi connectivity index (χ3n) is 5.24. The second-order valence-corrected chi connectivity index (χ2v) is 8.32. The molecule has 1 N–H and O–H groups in total. The Balaban J connectivity index is 1.47. The quantitative estimate of drug-likeness (QED) is 0.354. The summed E-state index contributed by atoms with van der Waals surface area (Å²) in [6.45, 7) is 2.51. The molecule has 7 nitrogen and oxygen atoms in total. The first-order chi connectivity index (χ1) is 16.4. The third kappa shape index (κ3) is 5.62. The van der Waals surface area contributed by atoms with Gasteiger partial charge in [0, 0.05) is 35.4 Å². The number of halogens is 2. The minimum Gasteiger partial charge on any atom is -0.465 e. The number of carbonyl (C=O) groups excluding carboxylic acids is 2. The van der Waals surface area contributed by atoms with Gasteiger partial charge >= 0.3 is 5.97 Å². The molecule has 0 radical (unpaired) electrons. The van der Waals surface area contributed by atoms with Crippen LogP contribution < -0.4 is 10.2 Å². The van der Waals surface area contributed by atoms with Crippen LogP contribution in [0.4, 0.5) is 11.4 Å². The highest BCUT2D eigenvalue weighted by Crippen LogP contribution is 2.32. The van der Waals surface area contributed by atoms with Gasteiger partial charge in [0.1, 0.15) is 11.5 Å². The monoisotopic (exact) mass is 500 g/mol. The maximum atomic E-state index is 12.5. The second kappa shape index (κ2) is 10.8. The van der Waals surface area contributed by atoms with Crippen LogP contribution in [-0.4, -0.2) is 45.3 Å². The van der Waals surface area contributed by atoms with Crippen LogP contribution in [0.1, 0.15) is 16.1 Å². The SMILES string of the molecule is COC(=O)c1cc(NC(=O)C=Cc2ccc(-c3cc(Cl)ccc3Cl)o2)ccc1N1CCOCC1. The molecule has 4 rings (SSSR count). The topological polar surface area (TPSA) is 81.0 Å². The number of carbonyl (C=O) groups is 2. The summed E-state index contributed by atoms with van der Waals surface area (Å²) in [5.41, 5.74) is 2.25. The molecule has 0 bridgehead atoms. The summed E-state index contributed by atoms with van der Waals surface area (Å²) >= 11 is 12.3. The second-order valence-electron chi connectivity index (χ2n) is 7.47. The number of anilines is 2. The van der Waals surface area contributed by atoms with Crippen LogP contribution in [0.25, 0.3) is 17.4 Å². The Hall–Kier alpha value is -3.26. The minimum absolute atomic E-state index is 0.375. The number of hydrogen-bond acceptors (Lipinski definition) is 6. The first kappa shape index (κ1) is 23.9. The molecule has 0 saturated carbocycles. The lowest BCUT2D eigenvalue weighted by Gasteiger charge is -2.30. The average Bonchev–Trinajstić information content (AvgIpc) is 3.33. The maximum Gasteiger partial charge on any atom is 0.340 e. The van der Waals surface area contributed by atoms with E-state index in [9.17, 15) is 9.59 Å². The first-order valence-corrected chi connectivity index (χ1v) is 11.3. The Morgan fingerprint density at radius 1 is 1.06 bits per heavy atom. The molecule has 9 heteroatoms. The molecule has 3 aromatic rings. The van der Waals surface area contributed by atoms with E-state index in [-0.39, 0.29) is 5.91 Å². The molecular weight excluding hydrogens is 479 g/mol. The van der Waals surface area contributed by atoms with Gasteiger partial charge in [-0.2, -0.15) is 0 Å². The predicted octanol–water partition coefficient (Wildman–Crippen LogP) is 5.53. The Bertz CT molecular complexity index is 1230. The lowest BCUT2D eigenvalue weighted by Crippen LogP contribution is -2.37. The van der Waals surface area contributed by atoms with Crippen molar-refractivity contribution in [2.45, 2.75) is 0 Å². The van der Waals surface area contributed by atoms with Gasteiger partial charge in [0.25, 0.3) is 0 Å². The number of methoxy groups -OCH3 is 1. The highest BCUT2D eigenvalue weighted by Gasteiger charge is 2.20. The van der Waals surface area contributed by atoms with Crippen LogP contribution in [-0.2, 0) is 14.3 Å². The summed E-state index contributed by atoms with van der Waals surface area (Å²) in [5.74, 6) is 0.151. The molecule has 1 aliphatic rings. The summed E-state index contributed by atoms with van der Waals surface area (Å²) < 4.78 is 16.1. The molecule has 2 aromatic carbocycles. The summed E-state index contributed by atoms with van der Waals surface area (Å²) in [6.07, 6.45) is 2.89. The zero-order valence-corrected chi connectivity index (χ0v) is 19.9. The van der Waals surface area contributed by atoms with Gasteiger partial charge in [-0.15, -0.1) is 0 Å². The van der Waals surface area contributed by atoms with Gasteiger partial charge in [-0.3, -0.25) is 4.79 Å². The van der Waals surface area contributed by atoms with E-state index in [1.54, 1.807) is 54.6 Å². The lowest BCUT2D eigenvalue weighted by atomic mass is 10.1. The van der Waals surface area contributed by atoms with Crippen molar-refractivity contribution in [3.8, 4) is 11.3 Å². The molecule has 0 atom stereocenters. The zero-order chi connectivity index (χ0) is 24.1. The fourth-order valence-corrected chi connectivity index (χ4v) is 3.97. The molecule has 1 saturated heterocycles. The minimum atomic E-state index is -0.476. The molecular formula is C25H22Cl2N2O5. The summed E-state index contributed by atoms with van der Waals surface area (Å²) in [7, 11) is 1.33. The molecule has 176 valence electrons. The van der Waals surface area contributed by atoms with Gasteiger partial charge in [0.15, 0.2) is 0 Å². The van der Waals surface area contributed by atoms with E-state index in [0.29, 0.717) is 64.7 Å².